The van der Waals surface area contributed by atoms with E-state index >= 15 is 0 Å². The van der Waals surface area contributed by atoms with E-state index in [9.17, 15) is 20.2 Å². The van der Waals surface area contributed by atoms with Gasteiger partial charge in [-0.2, -0.15) is 10.4 Å². The van der Waals surface area contributed by atoms with Gasteiger partial charge < -0.3 is 15.2 Å². The summed E-state index contributed by atoms with van der Waals surface area (Å²) in [6.45, 7) is 4.22. The van der Waals surface area contributed by atoms with Crippen LogP contribution in [0.15, 0.2) is 53.4 Å². The van der Waals surface area contributed by atoms with Gasteiger partial charge in [0.25, 0.3) is 0 Å². The van der Waals surface area contributed by atoms with Crippen molar-refractivity contribution in [3.05, 3.63) is 74.6 Å². The van der Waals surface area contributed by atoms with Crippen LogP contribution in [0.4, 0.5) is 5.69 Å². The third-order valence-electron chi connectivity index (χ3n) is 5.89. The lowest BCUT2D eigenvalue weighted by Crippen LogP contribution is -2.33. The Morgan fingerprint density at radius 2 is 2.18 bits per heavy atom. The highest BCUT2D eigenvalue weighted by molar-refractivity contribution is 5.96. The number of rotatable bonds is 5. The number of aromatic nitrogens is 2. The van der Waals surface area contributed by atoms with E-state index in [2.05, 4.69) is 11.2 Å². The predicted octanol–water partition coefficient (Wildman–Crippen LogP) is 3.30. The normalized spacial score (nSPS) is 19.6. The van der Waals surface area contributed by atoms with Crippen molar-refractivity contribution < 1.29 is 19.2 Å². The summed E-state index contributed by atoms with van der Waals surface area (Å²) in [7, 11) is 1.53. The van der Waals surface area contributed by atoms with Crippen molar-refractivity contribution in [2.75, 3.05) is 7.11 Å². The van der Waals surface area contributed by atoms with E-state index in [0.717, 1.165) is 11.1 Å². The Morgan fingerprint density at radius 1 is 1.42 bits per heavy atom. The molecule has 0 radical (unpaired) electrons. The number of ether oxygens (including phenoxy) is 2. The highest BCUT2D eigenvalue weighted by atomic mass is 16.6. The van der Waals surface area contributed by atoms with Crippen LogP contribution >= 0.6 is 0 Å². The first-order valence-electron chi connectivity index (χ1n) is 10.3. The number of nitrogens with zero attached hydrogens (tertiary/aromatic N) is 4. The fourth-order valence-corrected chi connectivity index (χ4v) is 4.49. The van der Waals surface area contributed by atoms with Crippen molar-refractivity contribution in [1.29, 1.82) is 5.26 Å². The zero-order valence-electron chi connectivity index (χ0n) is 18.5. The first kappa shape index (κ1) is 22.1. The van der Waals surface area contributed by atoms with E-state index in [1.54, 1.807) is 6.07 Å². The predicted molar refractivity (Wildman–Crippen MR) is 117 cm³/mol. The molecule has 0 amide bonds. The second-order valence-corrected chi connectivity index (χ2v) is 8.94. The molecule has 10 heteroatoms. The minimum Gasteiger partial charge on any atom is -0.496 e. The van der Waals surface area contributed by atoms with Gasteiger partial charge in [-0.3, -0.25) is 19.6 Å². The number of Topliss-reactive ketones (excluding diaryl/α,β-unsaturated/α-hetero) is 1. The second kappa shape index (κ2) is 8.09. The Morgan fingerprint density at radius 3 is 2.82 bits per heavy atom. The molecule has 2 aliphatic rings. The molecule has 10 nitrogen and oxygen atoms in total. The summed E-state index contributed by atoms with van der Waals surface area (Å²) in [6, 6.07) is 7.59. The first-order chi connectivity index (χ1) is 15.6. The van der Waals surface area contributed by atoms with Crippen molar-refractivity contribution in [3.8, 4) is 11.8 Å². The molecule has 0 fully saturated rings. The van der Waals surface area contributed by atoms with E-state index in [1.807, 2.05) is 26.0 Å². The Balaban J connectivity index is 1.81. The molecule has 1 unspecified atom stereocenters. The molecule has 1 aliphatic heterocycles. The van der Waals surface area contributed by atoms with Gasteiger partial charge in [0.2, 0.25) is 5.88 Å². The summed E-state index contributed by atoms with van der Waals surface area (Å²) >= 11 is 0. The van der Waals surface area contributed by atoms with Crippen molar-refractivity contribution >= 4 is 11.5 Å². The zero-order valence-corrected chi connectivity index (χ0v) is 18.5. The second-order valence-electron chi connectivity index (χ2n) is 8.94. The smallest absolute Gasteiger partial charge is 0.307 e. The molecule has 1 atom stereocenters. The Bertz CT molecular complexity index is 1260. The number of allylic oxidation sites excluding steroid dienone is 3. The number of nitriles is 1. The molecule has 0 spiro atoms. The maximum absolute atomic E-state index is 12.8. The van der Waals surface area contributed by atoms with Gasteiger partial charge in [0.15, 0.2) is 11.5 Å². The van der Waals surface area contributed by atoms with Gasteiger partial charge in [-0.15, -0.1) is 0 Å². The van der Waals surface area contributed by atoms with Crippen molar-refractivity contribution in [3.63, 3.8) is 0 Å². The molecule has 0 saturated carbocycles. The Hall–Kier alpha value is -4.13. The third-order valence-corrected chi connectivity index (χ3v) is 5.89. The highest BCUT2D eigenvalue weighted by Crippen LogP contribution is 2.49. The van der Waals surface area contributed by atoms with Gasteiger partial charge >= 0.3 is 5.69 Å². The molecule has 0 saturated heterocycles. The van der Waals surface area contributed by atoms with E-state index in [4.69, 9.17) is 15.2 Å². The van der Waals surface area contributed by atoms with Gasteiger partial charge in [-0.25, -0.2) is 0 Å². The van der Waals surface area contributed by atoms with Crippen LogP contribution in [0.3, 0.4) is 0 Å². The van der Waals surface area contributed by atoms with Crippen LogP contribution in [0, 0.1) is 26.9 Å². The Kier molecular flexibility index (Phi) is 5.41. The van der Waals surface area contributed by atoms with Crippen molar-refractivity contribution in [2.45, 2.75) is 39.2 Å². The summed E-state index contributed by atoms with van der Waals surface area (Å²) in [4.78, 5) is 23.3. The standard InChI is InChI=1S/C23H23N5O5/c1-23(2)7-16-20(17(9-24)22(25)33-21(16)18(29)8-23)13-4-5-19(32-3)14(6-13)11-27-12-15(10-26-27)28(30)31/h4-6,10,12,20H,7-8,11,25H2,1-3H3. The molecular weight excluding hydrogens is 426 g/mol. The third kappa shape index (κ3) is 4.05. The number of hydrogen-bond donors (Lipinski definition) is 1. The molecule has 0 bridgehead atoms. The van der Waals surface area contributed by atoms with Gasteiger partial charge in [0.05, 0.1) is 18.6 Å². The number of carbonyl (C=O) groups is 1. The highest BCUT2D eigenvalue weighted by Gasteiger charge is 2.42. The molecule has 2 heterocycles. The Labute approximate surface area is 190 Å². The number of benzene rings is 1. The fraction of sp³-hybridized carbons (Fsp3) is 0.348. The van der Waals surface area contributed by atoms with Gasteiger partial charge in [0.1, 0.15) is 29.8 Å². The van der Waals surface area contributed by atoms with E-state index in [0.29, 0.717) is 24.2 Å². The quantitative estimate of drug-likeness (QED) is 0.540. The van der Waals surface area contributed by atoms with Crippen molar-refractivity contribution in [1.82, 2.24) is 9.78 Å². The topological polar surface area (TPSA) is 146 Å². The number of ketones is 1. The molecule has 4 rings (SSSR count). The zero-order chi connectivity index (χ0) is 23.9. The number of methoxy groups -OCH3 is 1. The van der Waals surface area contributed by atoms with Crippen LogP contribution in [0.1, 0.15) is 43.7 Å². The summed E-state index contributed by atoms with van der Waals surface area (Å²) in [6.07, 6.45) is 3.42. The van der Waals surface area contributed by atoms with Crippen LogP contribution < -0.4 is 10.5 Å². The minimum absolute atomic E-state index is 0.0747. The van der Waals surface area contributed by atoms with Crippen LogP contribution in [-0.4, -0.2) is 27.6 Å². The number of carbonyl (C=O) groups excluding carboxylic acids is 1. The van der Waals surface area contributed by atoms with E-state index < -0.39 is 10.8 Å². The largest absolute Gasteiger partial charge is 0.496 e. The van der Waals surface area contributed by atoms with Gasteiger partial charge in [0, 0.05) is 17.9 Å². The fourth-order valence-electron chi connectivity index (χ4n) is 4.49. The molecule has 1 aliphatic carbocycles. The van der Waals surface area contributed by atoms with Crippen molar-refractivity contribution in [2.24, 2.45) is 11.1 Å². The van der Waals surface area contributed by atoms with E-state index in [-0.39, 0.29) is 40.6 Å². The first-order valence-corrected chi connectivity index (χ1v) is 10.3. The molecule has 1 aromatic carbocycles. The van der Waals surface area contributed by atoms with Crippen LogP contribution in [0.5, 0.6) is 5.75 Å². The lowest BCUT2D eigenvalue weighted by atomic mass is 9.69. The molecule has 2 N–H and O–H groups in total. The SMILES string of the molecule is COc1ccc(C2C(C#N)=C(N)OC3=C2CC(C)(C)CC3=O)cc1Cn1cc([N+](=O)[O-])cn1. The maximum atomic E-state index is 12.8. The summed E-state index contributed by atoms with van der Waals surface area (Å²) < 4.78 is 12.5. The van der Waals surface area contributed by atoms with Crippen LogP contribution in [0.25, 0.3) is 0 Å². The van der Waals surface area contributed by atoms with Crippen LogP contribution in [0.2, 0.25) is 0 Å². The number of nitro groups is 1. The maximum Gasteiger partial charge on any atom is 0.307 e. The molecule has 33 heavy (non-hydrogen) atoms. The lowest BCUT2D eigenvalue weighted by molar-refractivity contribution is -0.385. The minimum atomic E-state index is -0.543. The molecule has 2 aromatic rings. The average Bonchev–Trinajstić information content (AvgIpc) is 3.22. The van der Waals surface area contributed by atoms with Crippen LogP contribution in [-0.2, 0) is 16.1 Å². The molecular formula is C23H23N5O5. The monoisotopic (exact) mass is 449 g/mol. The summed E-state index contributed by atoms with van der Waals surface area (Å²) in [5.74, 6) is 0.0293. The molecule has 1 aromatic heterocycles. The lowest BCUT2D eigenvalue weighted by Gasteiger charge is -2.37. The summed E-state index contributed by atoms with van der Waals surface area (Å²) in [5.41, 5.74) is 8.07. The van der Waals surface area contributed by atoms with Gasteiger partial charge in [-0.05, 0) is 35.1 Å². The average molecular weight is 449 g/mol. The van der Waals surface area contributed by atoms with Gasteiger partial charge in [-0.1, -0.05) is 19.9 Å². The number of nitrogens with two attached hydrogens (primary N) is 1. The molecule has 170 valence electrons. The number of hydrogen-bond acceptors (Lipinski definition) is 8. The summed E-state index contributed by atoms with van der Waals surface area (Å²) in [5, 5.41) is 24.9. The van der Waals surface area contributed by atoms with E-state index in [1.165, 1.54) is 24.2 Å².